The van der Waals surface area contributed by atoms with E-state index in [1.807, 2.05) is 0 Å². The maximum absolute atomic E-state index is 10.7. The molecule has 0 radical (unpaired) electrons. The van der Waals surface area contributed by atoms with Gasteiger partial charge in [0.1, 0.15) is 0 Å². The van der Waals surface area contributed by atoms with Crippen molar-refractivity contribution in [2.75, 3.05) is 11.9 Å². The molecular weight excluding hydrogens is 220 g/mol. The van der Waals surface area contributed by atoms with Gasteiger partial charge in [0.05, 0.1) is 11.4 Å². The highest BCUT2D eigenvalue weighted by Gasteiger charge is 2.08. The van der Waals surface area contributed by atoms with E-state index in [-0.39, 0.29) is 11.4 Å². The zero-order chi connectivity index (χ0) is 11.5. The number of nitrogens with one attached hydrogen (secondary N) is 1. The first kappa shape index (κ1) is 11.5. The van der Waals surface area contributed by atoms with E-state index in [2.05, 4.69) is 5.32 Å². The molecule has 1 aromatic rings. The Morgan fingerprint density at radius 2 is 1.87 bits per heavy atom. The second kappa shape index (κ2) is 4.28. The first-order chi connectivity index (χ1) is 6.89. The van der Waals surface area contributed by atoms with Crippen LogP contribution >= 0.6 is 0 Å². The minimum absolute atomic E-state index is 0.0365. The predicted octanol–water partition coefficient (Wildman–Crippen LogP) is -0.170. The Morgan fingerprint density at radius 1 is 1.33 bits per heavy atom. The maximum atomic E-state index is 10.7. The molecule has 15 heavy (non-hydrogen) atoms. The van der Waals surface area contributed by atoms with E-state index in [0.717, 1.165) is 0 Å². The van der Waals surface area contributed by atoms with Crippen molar-refractivity contribution in [3.8, 4) is 0 Å². The van der Waals surface area contributed by atoms with E-state index in [0.29, 0.717) is 5.69 Å². The summed E-state index contributed by atoms with van der Waals surface area (Å²) in [4.78, 5) is 10.2. The lowest BCUT2D eigenvalue weighted by Crippen LogP contribution is -2.21. The molecule has 0 saturated carbocycles. The molecule has 1 rings (SSSR count). The average Bonchev–Trinajstić information content (AvgIpc) is 2.14. The maximum Gasteiger partial charge on any atom is 0.294 e. The average molecular weight is 230 g/mol. The van der Waals surface area contributed by atoms with Crippen LogP contribution in [-0.2, 0) is 14.9 Å². The number of rotatable bonds is 4. The zero-order valence-corrected chi connectivity index (χ0v) is 8.49. The number of anilines is 1. The van der Waals surface area contributed by atoms with E-state index in [1.54, 1.807) is 0 Å². The van der Waals surface area contributed by atoms with Gasteiger partial charge in [0.2, 0.25) is 5.91 Å². The fourth-order valence-corrected chi connectivity index (χ4v) is 1.41. The van der Waals surface area contributed by atoms with Gasteiger partial charge in [-0.15, -0.1) is 0 Å². The zero-order valence-electron chi connectivity index (χ0n) is 7.67. The molecule has 0 aliphatic carbocycles. The highest BCUT2D eigenvalue weighted by molar-refractivity contribution is 7.85. The molecular formula is C8H10N2O4S. The van der Waals surface area contributed by atoms with Crippen molar-refractivity contribution in [1.82, 2.24) is 0 Å². The first-order valence-corrected chi connectivity index (χ1v) is 5.43. The van der Waals surface area contributed by atoms with Crippen LogP contribution in [0.15, 0.2) is 29.2 Å². The van der Waals surface area contributed by atoms with Gasteiger partial charge in [-0.05, 0) is 24.3 Å². The number of benzene rings is 1. The van der Waals surface area contributed by atoms with Gasteiger partial charge in [0.25, 0.3) is 10.1 Å². The molecule has 0 aliphatic rings. The Bertz CT molecular complexity index is 452. The van der Waals surface area contributed by atoms with Crippen molar-refractivity contribution in [3.05, 3.63) is 24.3 Å². The first-order valence-electron chi connectivity index (χ1n) is 3.99. The summed E-state index contributed by atoms with van der Waals surface area (Å²) in [5.41, 5.74) is 5.44. The Hall–Kier alpha value is -1.60. The van der Waals surface area contributed by atoms with Gasteiger partial charge in [-0.2, -0.15) is 8.42 Å². The van der Waals surface area contributed by atoms with Crippen molar-refractivity contribution in [2.45, 2.75) is 4.90 Å². The third-order valence-electron chi connectivity index (χ3n) is 1.62. The van der Waals surface area contributed by atoms with Gasteiger partial charge in [-0.1, -0.05) is 0 Å². The predicted molar refractivity (Wildman–Crippen MR) is 53.9 cm³/mol. The van der Waals surface area contributed by atoms with Gasteiger partial charge < -0.3 is 11.1 Å². The molecule has 0 fully saturated rings. The number of amides is 1. The summed E-state index contributed by atoms with van der Waals surface area (Å²) >= 11 is 0. The van der Waals surface area contributed by atoms with E-state index >= 15 is 0 Å². The summed E-state index contributed by atoms with van der Waals surface area (Å²) in [5.74, 6) is -0.520. The minimum Gasteiger partial charge on any atom is -0.376 e. The van der Waals surface area contributed by atoms with E-state index < -0.39 is 16.0 Å². The fraction of sp³-hybridized carbons (Fsp3) is 0.125. The molecule has 7 heteroatoms. The lowest BCUT2D eigenvalue weighted by molar-refractivity contribution is -0.116. The van der Waals surface area contributed by atoms with Crippen LogP contribution < -0.4 is 11.1 Å². The molecule has 0 atom stereocenters. The van der Waals surface area contributed by atoms with Gasteiger partial charge in [0, 0.05) is 5.69 Å². The second-order valence-corrected chi connectivity index (χ2v) is 4.24. The van der Waals surface area contributed by atoms with Crippen LogP contribution in [0.1, 0.15) is 0 Å². The van der Waals surface area contributed by atoms with E-state index in [9.17, 15) is 13.2 Å². The standard InChI is InChI=1S/C8H10N2O4S/c9-8(11)5-10-6-1-3-7(4-2-6)15(12,13)14/h1-4,10H,5H2,(H2,9,11)(H,12,13,14). The van der Waals surface area contributed by atoms with Crippen LogP contribution in [0.5, 0.6) is 0 Å². The summed E-state index contributed by atoms with van der Waals surface area (Å²) < 4.78 is 30.0. The number of nitrogens with two attached hydrogens (primary N) is 1. The van der Waals surface area contributed by atoms with Crippen LogP contribution in [0.4, 0.5) is 5.69 Å². The van der Waals surface area contributed by atoms with Crippen molar-refractivity contribution in [2.24, 2.45) is 5.73 Å². The quantitative estimate of drug-likeness (QED) is 0.622. The topological polar surface area (TPSA) is 109 Å². The molecule has 0 bridgehead atoms. The van der Waals surface area contributed by atoms with Crippen LogP contribution in [0.2, 0.25) is 0 Å². The van der Waals surface area contributed by atoms with Crippen molar-refractivity contribution >= 4 is 21.7 Å². The van der Waals surface area contributed by atoms with Crippen LogP contribution in [-0.4, -0.2) is 25.4 Å². The number of hydrogen-bond donors (Lipinski definition) is 3. The molecule has 0 aliphatic heterocycles. The summed E-state index contributed by atoms with van der Waals surface area (Å²) in [6.45, 7) is -0.0365. The molecule has 0 aromatic heterocycles. The Kier molecular flexibility index (Phi) is 3.28. The summed E-state index contributed by atoms with van der Waals surface area (Å²) in [5, 5.41) is 2.67. The summed E-state index contributed by atoms with van der Waals surface area (Å²) in [6, 6.07) is 5.29. The molecule has 6 nitrogen and oxygen atoms in total. The summed E-state index contributed by atoms with van der Waals surface area (Å²) in [7, 11) is -4.17. The number of carbonyl (C=O) groups is 1. The second-order valence-electron chi connectivity index (χ2n) is 2.82. The monoisotopic (exact) mass is 230 g/mol. The van der Waals surface area contributed by atoms with Gasteiger partial charge in [0.15, 0.2) is 0 Å². The SMILES string of the molecule is NC(=O)CNc1ccc(S(=O)(=O)O)cc1. The number of primary amides is 1. The van der Waals surface area contributed by atoms with E-state index in [4.69, 9.17) is 10.3 Å². The fourth-order valence-electron chi connectivity index (χ4n) is 0.934. The highest BCUT2D eigenvalue weighted by atomic mass is 32.2. The van der Waals surface area contributed by atoms with Gasteiger partial charge >= 0.3 is 0 Å². The minimum atomic E-state index is -4.17. The van der Waals surface area contributed by atoms with Gasteiger partial charge in [-0.25, -0.2) is 0 Å². The lowest BCUT2D eigenvalue weighted by Gasteiger charge is -2.03. The molecule has 0 saturated heterocycles. The third kappa shape index (κ3) is 3.56. The number of carbonyl (C=O) groups excluding carboxylic acids is 1. The normalized spacial score (nSPS) is 11.0. The lowest BCUT2D eigenvalue weighted by atomic mass is 10.3. The largest absolute Gasteiger partial charge is 0.376 e. The molecule has 4 N–H and O–H groups in total. The Balaban J connectivity index is 2.77. The molecule has 1 amide bonds. The van der Waals surface area contributed by atoms with Gasteiger partial charge in [-0.3, -0.25) is 9.35 Å². The van der Waals surface area contributed by atoms with Crippen LogP contribution in [0.25, 0.3) is 0 Å². The summed E-state index contributed by atoms with van der Waals surface area (Å²) in [6.07, 6.45) is 0. The Labute approximate surface area is 86.8 Å². The third-order valence-corrected chi connectivity index (χ3v) is 2.49. The van der Waals surface area contributed by atoms with Crippen molar-refractivity contribution in [1.29, 1.82) is 0 Å². The van der Waals surface area contributed by atoms with Crippen molar-refractivity contribution in [3.63, 3.8) is 0 Å². The smallest absolute Gasteiger partial charge is 0.294 e. The molecule has 0 heterocycles. The van der Waals surface area contributed by atoms with Crippen LogP contribution in [0.3, 0.4) is 0 Å². The molecule has 0 spiro atoms. The number of hydrogen-bond acceptors (Lipinski definition) is 4. The van der Waals surface area contributed by atoms with E-state index in [1.165, 1.54) is 24.3 Å². The van der Waals surface area contributed by atoms with Crippen molar-refractivity contribution < 1.29 is 17.8 Å². The Morgan fingerprint density at radius 3 is 2.27 bits per heavy atom. The molecule has 82 valence electrons. The van der Waals surface area contributed by atoms with Crippen LogP contribution in [0, 0.1) is 0 Å². The highest BCUT2D eigenvalue weighted by Crippen LogP contribution is 2.13. The molecule has 0 unspecified atom stereocenters. The molecule has 1 aromatic carbocycles.